The molecule has 1 heterocycles. The van der Waals surface area contributed by atoms with E-state index in [-0.39, 0.29) is 10.8 Å². The zero-order valence-corrected chi connectivity index (χ0v) is 16.1. The van der Waals surface area contributed by atoms with E-state index in [1.54, 1.807) is 7.11 Å². The zero-order valence-electron chi connectivity index (χ0n) is 14.5. The van der Waals surface area contributed by atoms with E-state index in [1.165, 1.54) is 5.69 Å². The molecule has 0 radical (unpaired) electrons. The van der Waals surface area contributed by atoms with E-state index in [0.29, 0.717) is 0 Å². The van der Waals surface area contributed by atoms with Crippen LogP contribution in [0.5, 0.6) is 5.75 Å². The molecular formula is C18H25BrN2O. The van der Waals surface area contributed by atoms with Gasteiger partial charge < -0.3 is 4.74 Å². The molecule has 0 bridgehead atoms. The van der Waals surface area contributed by atoms with Crippen LogP contribution in [0.2, 0.25) is 0 Å². The molecule has 2 rings (SSSR count). The summed E-state index contributed by atoms with van der Waals surface area (Å²) in [6, 6.07) is 8.02. The number of benzene rings is 1. The summed E-state index contributed by atoms with van der Waals surface area (Å²) in [6.45, 7) is 13.2. The molecule has 0 aliphatic heterocycles. The Morgan fingerprint density at radius 2 is 1.68 bits per heavy atom. The third kappa shape index (κ3) is 3.22. The number of hydrogen-bond acceptors (Lipinski definition) is 2. The van der Waals surface area contributed by atoms with Gasteiger partial charge in [0.1, 0.15) is 5.75 Å². The van der Waals surface area contributed by atoms with Crippen molar-refractivity contribution >= 4 is 15.9 Å². The lowest BCUT2D eigenvalue weighted by molar-refractivity contribution is 0.414. The second kappa shape index (κ2) is 5.73. The first-order chi connectivity index (χ1) is 10.1. The van der Waals surface area contributed by atoms with Crippen LogP contribution in [0, 0.1) is 0 Å². The van der Waals surface area contributed by atoms with E-state index in [0.717, 1.165) is 21.6 Å². The van der Waals surface area contributed by atoms with E-state index < -0.39 is 0 Å². The van der Waals surface area contributed by atoms with Crippen LogP contribution in [0.15, 0.2) is 28.7 Å². The van der Waals surface area contributed by atoms with E-state index >= 15 is 0 Å². The van der Waals surface area contributed by atoms with Crippen molar-refractivity contribution in [1.82, 2.24) is 9.78 Å². The third-order valence-electron chi connectivity index (χ3n) is 3.55. The molecule has 0 saturated carbocycles. The van der Waals surface area contributed by atoms with Crippen LogP contribution in [0.3, 0.4) is 0 Å². The number of rotatable bonds is 2. The molecular weight excluding hydrogens is 340 g/mol. The summed E-state index contributed by atoms with van der Waals surface area (Å²) < 4.78 is 8.48. The molecule has 0 atom stereocenters. The summed E-state index contributed by atoms with van der Waals surface area (Å²) in [6.07, 6.45) is 0. The highest BCUT2D eigenvalue weighted by molar-refractivity contribution is 9.10. The lowest BCUT2D eigenvalue weighted by Crippen LogP contribution is -2.18. The highest BCUT2D eigenvalue weighted by atomic mass is 79.9. The Bertz CT molecular complexity index is 675. The number of aromatic nitrogens is 2. The van der Waals surface area contributed by atoms with Crippen LogP contribution in [0.4, 0.5) is 0 Å². The number of nitrogens with zero attached hydrogens (tertiary/aromatic N) is 2. The minimum Gasteiger partial charge on any atom is -0.497 e. The molecule has 120 valence electrons. The molecule has 0 saturated heterocycles. The second-order valence-electron chi connectivity index (χ2n) is 7.62. The van der Waals surface area contributed by atoms with Crippen molar-refractivity contribution in [3.63, 3.8) is 0 Å². The van der Waals surface area contributed by atoms with Gasteiger partial charge in [0.25, 0.3) is 0 Å². The lowest BCUT2D eigenvalue weighted by Gasteiger charge is -2.21. The first-order valence-electron chi connectivity index (χ1n) is 7.49. The first kappa shape index (κ1) is 17.1. The van der Waals surface area contributed by atoms with Crippen molar-refractivity contribution in [1.29, 1.82) is 0 Å². The molecule has 0 spiro atoms. The Morgan fingerprint density at radius 3 is 2.18 bits per heavy atom. The highest BCUT2D eigenvalue weighted by Gasteiger charge is 2.31. The summed E-state index contributed by atoms with van der Waals surface area (Å²) >= 11 is 3.79. The summed E-state index contributed by atoms with van der Waals surface area (Å²) in [7, 11) is 1.68. The van der Waals surface area contributed by atoms with Gasteiger partial charge in [-0.2, -0.15) is 5.10 Å². The van der Waals surface area contributed by atoms with Crippen LogP contribution >= 0.6 is 15.9 Å². The fourth-order valence-electron chi connectivity index (χ4n) is 2.45. The van der Waals surface area contributed by atoms with E-state index in [2.05, 4.69) is 63.5 Å². The maximum absolute atomic E-state index is 5.35. The van der Waals surface area contributed by atoms with Crippen LogP contribution < -0.4 is 4.74 Å². The number of halogens is 1. The number of methoxy groups -OCH3 is 1. The maximum Gasteiger partial charge on any atom is 0.121 e. The Hall–Kier alpha value is -1.29. The monoisotopic (exact) mass is 364 g/mol. The van der Waals surface area contributed by atoms with Crippen LogP contribution in [-0.4, -0.2) is 16.9 Å². The van der Waals surface area contributed by atoms with Gasteiger partial charge in [-0.25, -0.2) is 4.68 Å². The Morgan fingerprint density at radius 1 is 1.05 bits per heavy atom. The van der Waals surface area contributed by atoms with Gasteiger partial charge in [-0.05, 0) is 28.1 Å². The molecule has 1 aromatic carbocycles. The van der Waals surface area contributed by atoms with Crippen molar-refractivity contribution in [3.8, 4) is 11.4 Å². The van der Waals surface area contributed by atoms with Crippen molar-refractivity contribution < 1.29 is 4.74 Å². The van der Waals surface area contributed by atoms with Gasteiger partial charge in [0, 0.05) is 16.9 Å². The van der Waals surface area contributed by atoms with Gasteiger partial charge in [0.2, 0.25) is 0 Å². The van der Waals surface area contributed by atoms with Crippen molar-refractivity contribution in [2.45, 2.75) is 52.4 Å². The van der Waals surface area contributed by atoms with Gasteiger partial charge in [0.15, 0.2) is 0 Å². The van der Waals surface area contributed by atoms with E-state index in [9.17, 15) is 0 Å². The van der Waals surface area contributed by atoms with Gasteiger partial charge in [-0.15, -0.1) is 0 Å². The van der Waals surface area contributed by atoms with Gasteiger partial charge in [0.05, 0.1) is 28.7 Å². The average molecular weight is 365 g/mol. The van der Waals surface area contributed by atoms with E-state index in [1.807, 2.05) is 22.9 Å². The molecule has 1 aromatic heterocycles. The summed E-state index contributed by atoms with van der Waals surface area (Å²) in [5, 5.41) is 4.91. The normalized spacial score (nSPS) is 12.5. The molecule has 4 heteroatoms. The molecule has 22 heavy (non-hydrogen) atoms. The largest absolute Gasteiger partial charge is 0.497 e. The summed E-state index contributed by atoms with van der Waals surface area (Å²) in [5.41, 5.74) is 3.20. The highest BCUT2D eigenvalue weighted by Crippen LogP contribution is 2.38. The molecule has 2 aromatic rings. The summed E-state index contributed by atoms with van der Waals surface area (Å²) in [5.74, 6) is 0.835. The van der Waals surface area contributed by atoms with E-state index in [4.69, 9.17) is 9.84 Å². The fraction of sp³-hybridized carbons (Fsp3) is 0.500. The SMILES string of the molecule is COc1cccc(-n2nc(C(C)(C)C)c(Br)c2C(C)(C)C)c1. The van der Waals surface area contributed by atoms with Crippen LogP contribution in [0.25, 0.3) is 5.69 Å². The molecule has 0 unspecified atom stereocenters. The topological polar surface area (TPSA) is 27.1 Å². The maximum atomic E-state index is 5.35. The smallest absolute Gasteiger partial charge is 0.121 e. The standard InChI is InChI=1S/C18H25BrN2O/c1-17(2,3)15-14(19)16(18(4,5)6)21(20-15)12-9-8-10-13(11-12)22-7/h8-11H,1-7H3. The molecule has 0 aliphatic rings. The minimum absolute atomic E-state index is 0.0249. The molecule has 0 aliphatic carbocycles. The third-order valence-corrected chi connectivity index (χ3v) is 4.30. The van der Waals surface area contributed by atoms with Gasteiger partial charge in [-0.3, -0.25) is 0 Å². The van der Waals surface area contributed by atoms with Crippen molar-refractivity contribution in [2.75, 3.05) is 7.11 Å². The molecule has 3 nitrogen and oxygen atoms in total. The van der Waals surface area contributed by atoms with Crippen molar-refractivity contribution in [3.05, 3.63) is 40.1 Å². The Labute approximate surface area is 141 Å². The number of ether oxygens (including phenoxy) is 1. The molecule has 0 amide bonds. The predicted molar refractivity (Wildman–Crippen MR) is 95.2 cm³/mol. The summed E-state index contributed by atoms with van der Waals surface area (Å²) in [4.78, 5) is 0. The van der Waals surface area contributed by atoms with Crippen LogP contribution in [0.1, 0.15) is 52.9 Å². The lowest BCUT2D eigenvalue weighted by atomic mass is 9.88. The number of hydrogen-bond donors (Lipinski definition) is 0. The minimum atomic E-state index is -0.0294. The van der Waals surface area contributed by atoms with Gasteiger partial charge >= 0.3 is 0 Å². The van der Waals surface area contributed by atoms with Crippen molar-refractivity contribution in [2.24, 2.45) is 0 Å². The quantitative estimate of drug-likeness (QED) is 0.728. The predicted octanol–water partition coefficient (Wildman–Crippen LogP) is 5.24. The second-order valence-corrected chi connectivity index (χ2v) is 8.42. The first-order valence-corrected chi connectivity index (χ1v) is 8.29. The molecule has 0 fully saturated rings. The average Bonchev–Trinajstić information content (AvgIpc) is 2.76. The van der Waals surface area contributed by atoms with Crippen LogP contribution in [-0.2, 0) is 10.8 Å². The Kier molecular flexibility index (Phi) is 4.44. The fourth-order valence-corrected chi connectivity index (χ4v) is 3.89. The van der Waals surface area contributed by atoms with Gasteiger partial charge in [-0.1, -0.05) is 47.6 Å². The Balaban J connectivity index is 2.74. The zero-order chi connectivity index (χ0) is 16.7. The molecule has 0 N–H and O–H groups in total.